The molecule has 7 atom stereocenters. The first-order valence-corrected chi connectivity index (χ1v) is 12.3. The van der Waals surface area contributed by atoms with Crippen LogP contribution < -0.4 is 0 Å². The molecule has 0 spiro atoms. The molecule has 7 nitrogen and oxygen atoms in total. The maximum atomic E-state index is 14.5. The molecule has 2 saturated carbocycles. The van der Waals surface area contributed by atoms with Crippen LogP contribution in [0.4, 0.5) is 0 Å². The van der Waals surface area contributed by atoms with E-state index in [9.17, 15) is 9.90 Å². The van der Waals surface area contributed by atoms with Gasteiger partial charge >= 0.3 is 0 Å². The van der Waals surface area contributed by atoms with Crippen molar-refractivity contribution in [3.05, 3.63) is 29.9 Å². The summed E-state index contributed by atoms with van der Waals surface area (Å²) in [7, 11) is 1.59. The highest BCUT2D eigenvalue weighted by Gasteiger charge is 2.67. The Bertz CT molecular complexity index is 1000. The lowest BCUT2D eigenvalue weighted by atomic mass is 9.47. The maximum Gasteiger partial charge on any atom is 0.269 e. The second-order valence-corrected chi connectivity index (χ2v) is 11.4. The van der Waals surface area contributed by atoms with Crippen LogP contribution in [0, 0.1) is 22.7 Å². The van der Waals surface area contributed by atoms with Gasteiger partial charge in [0.15, 0.2) is 5.78 Å². The standard InChI is InChI=1S/C25H34N2O5S/c1-14-6-7-25(29)11-16-15-12-31-17(15)10-18(32-22(33)27-9-8-26-13-27)24(16,4)21(28)20(30-5)19(14)23(25,2)3/h8-9,13,15-18,20,29H,6-7,10-12H2,1-5H3. The Labute approximate surface area is 200 Å². The Morgan fingerprint density at radius 3 is 2.73 bits per heavy atom. The zero-order valence-electron chi connectivity index (χ0n) is 20.0. The fourth-order valence-electron chi connectivity index (χ4n) is 7.06. The van der Waals surface area contributed by atoms with Crippen molar-refractivity contribution in [2.45, 2.75) is 77.3 Å². The third kappa shape index (κ3) is 3.14. The van der Waals surface area contributed by atoms with Crippen LogP contribution in [0.1, 0.15) is 53.4 Å². The van der Waals surface area contributed by atoms with E-state index in [4.69, 9.17) is 26.4 Å². The van der Waals surface area contributed by atoms with E-state index < -0.39 is 28.6 Å². The fraction of sp³-hybridized carbons (Fsp3) is 0.720. The van der Waals surface area contributed by atoms with Gasteiger partial charge in [0.2, 0.25) is 0 Å². The van der Waals surface area contributed by atoms with Crippen molar-refractivity contribution < 1.29 is 24.1 Å². The summed E-state index contributed by atoms with van der Waals surface area (Å²) in [6.07, 6.45) is 6.28. The number of imidazole rings is 1. The number of carbonyl (C=O) groups is 1. The van der Waals surface area contributed by atoms with Crippen LogP contribution in [0.15, 0.2) is 29.9 Å². The highest BCUT2D eigenvalue weighted by molar-refractivity contribution is 7.80. The van der Waals surface area contributed by atoms with Gasteiger partial charge in [-0.2, -0.15) is 0 Å². The van der Waals surface area contributed by atoms with Gasteiger partial charge in [-0.3, -0.25) is 9.36 Å². The number of aliphatic hydroxyl groups is 1. The summed E-state index contributed by atoms with van der Waals surface area (Å²) >= 11 is 5.56. The lowest BCUT2D eigenvalue weighted by Gasteiger charge is -2.62. The Hall–Kier alpha value is -1.61. The average Bonchev–Trinajstić information content (AvgIpc) is 3.28. The molecule has 3 aliphatic carbocycles. The summed E-state index contributed by atoms with van der Waals surface area (Å²) in [5.41, 5.74) is -0.347. The number of carbonyl (C=O) groups excluding carboxylic acids is 1. The van der Waals surface area contributed by atoms with Gasteiger partial charge in [0.1, 0.15) is 18.5 Å². The van der Waals surface area contributed by atoms with Crippen LogP contribution in [0.5, 0.6) is 0 Å². The second kappa shape index (κ2) is 7.70. The fourth-order valence-corrected chi connectivity index (χ4v) is 7.29. The first kappa shape index (κ1) is 23.1. The van der Waals surface area contributed by atoms with E-state index in [-0.39, 0.29) is 28.9 Å². The molecule has 1 aromatic heterocycles. The number of rotatable bonds is 2. The van der Waals surface area contributed by atoms with Crippen molar-refractivity contribution >= 4 is 23.2 Å². The topological polar surface area (TPSA) is 82.8 Å². The predicted molar refractivity (Wildman–Crippen MR) is 126 cm³/mol. The molecule has 8 heteroatoms. The van der Waals surface area contributed by atoms with E-state index in [0.29, 0.717) is 25.9 Å². The van der Waals surface area contributed by atoms with Gasteiger partial charge in [0, 0.05) is 37.3 Å². The lowest BCUT2D eigenvalue weighted by Crippen LogP contribution is -2.69. The van der Waals surface area contributed by atoms with Gasteiger partial charge in [0.05, 0.1) is 23.7 Å². The Morgan fingerprint density at radius 1 is 1.36 bits per heavy atom. The number of hydrogen-bond donors (Lipinski definition) is 1. The number of fused-ring (bicyclic) bond motifs is 5. The van der Waals surface area contributed by atoms with Crippen molar-refractivity contribution in [3.63, 3.8) is 0 Å². The van der Waals surface area contributed by atoms with Gasteiger partial charge < -0.3 is 19.3 Å². The largest absolute Gasteiger partial charge is 0.466 e. The molecule has 3 fully saturated rings. The normalized spacial score (nSPS) is 41.9. The molecule has 5 rings (SSSR count). The number of ketones is 1. The molecule has 0 radical (unpaired) electrons. The minimum absolute atomic E-state index is 0.000986. The monoisotopic (exact) mass is 474 g/mol. The van der Waals surface area contributed by atoms with E-state index in [2.05, 4.69) is 25.8 Å². The molecule has 2 bridgehead atoms. The van der Waals surface area contributed by atoms with Gasteiger partial charge in [0.25, 0.3) is 5.17 Å². The third-order valence-corrected chi connectivity index (χ3v) is 9.68. The van der Waals surface area contributed by atoms with E-state index in [0.717, 1.165) is 17.6 Å². The quantitative estimate of drug-likeness (QED) is 0.520. The van der Waals surface area contributed by atoms with Crippen LogP contribution in [-0.2, 0) is 19.0 Å². The lowest BCUT2D eigenvalue weighted by molar-refractivity contribution is -0.240. The summed E-state index contributed by atoms with van der Waals surface area (Å²) in [4.78, 5) is 18.5. The molecule has 1 saturated heterocycles. The Kier molecular flexibility index (Phi) is 5.40. The van der Waals surface area contributed by atoms with Crippen molar-refractivity contribution in [2.24, 2.45) is 22.7 Å². The zero-order chi connectivity index (χ0) is 23.8. The molecule has 180 valence electrons. The van der Waals surface area contributed by atoms with E-state index in [1.165, 1.54) is 0 Å². The van der Waals surface area contributed by atoms with Crippen molar-refractivity contribution in [2.75, 3.05) is 13.7 Å². The molecule has 0 amide bonds. The molecule has 2 heterocycles. The highest BCUT2D eigenvalue weighted by atomic mass is 32.1. The van der Waals surface area contributed by atoms with Crippen molar-refractivity contribution in [3.8, 4) is 0 Å². The summed E-state index contributed by atoms with van der Waals surface area (Å²) in [5.74, 6) is 0.117. The Balaban J connectivity index is 1.63. The van der Waals surface area contributed by atoms with E-state index in [1.807, 2.05) is 6.92 Å². The number of nitrogens with zero attached hydrogens (tertiary/aromatic N) is 2. The van der Waals surface area contributed by atoms with Gasteiger partial charge in [-0.15, -0.1) is 0 Å². The smallest absolute Gasteiger partial charge is 0.269 e. The second-order valence-electron chi connectivity index (χ2n) is 11.0. The number of thiocarbonyl (C=S) groups is 1. The molecule has 33 heavy (non-hydrogen) atoms. The van der Waals surface area contributed by atoms with Crippen LogP contribution in [0.25, 0.3) is 0 Å². The molecule has 1 N–H and O–H groups in total. The highest BCUT2D eigenvalue weighted by Crippen LogP contribution is 2.61. The number of aromatic nitrogens is 2. The van der Waals surface area contributed by atoms with Crippen LogP contribution in [0.3, 0.4) is 0 Å². The molecule has 1 aliphatic heterocycles. The van der Waals surface area contributed by atoms with E-state index in [1.54, 1.807) is 30.4 Å². The minimum atomic E-state index is -0.946. The van der Waals surface area contributed by atoms with Crippen LogP contribution in [0.2, 0.25) is 0 Å². The van der Waals surface area contributed by atoms with Crippen LogP contribution in [-0.4, -0.2) is 63.2 Å². The molecule has 0 aromatic carbocycles. The number of hydrogen-bond acceptors (Lipinski definition) is 7. The first-order chi connectivity index (χ1) is 15.5. The minimum Gasteiger partial charge on any atom is -0.466 e. The molecular formula is C25H34N2O5S. The number of allylic oxidation sites excluding steroid dienone is 1. The molecule has 7 unspecified atom stereocenters. The number of Topliss-reactive ketones (excluding diaryl/α,β-unsaturated/α-hetero) is 1. The molecule has 4 aliphatic rings. The summed E-state index contributed by atoms with van der Waals surface area (Å²) in [5, 5.41) is 12.4. The SMILES string of the molecule is COC1C(=O)C2(C)C(OC(=S)n3ccnc3)CC3OCC3C2CC2(O)CCC(C)=C1C2(C)C. The zero-order valence-corrected chi connectivity index (χ0v) is 20.9. The Morgan fingerprint density at radius 2 is 2.12 bits per heavy atom. The summed E-state index contributed by atoms with van der Waals surface area (Å²) < 4.78 is 19.9. The maximum absolute atomic E-state index is 14.5. The van der Waals surface area contributed by atoms with Crippen molar-refractivity contribution in [1.82, 2.24) is 9.55 Å². The summed E-state index contributed by atoms with van der Waals surface area (Å²) in [6.45, 7) is 8.79. The third-order valence-electron chi connectivity index (χ3n) is 9.38. The van der Waals surface area contributed by atoms with E-state index >= 15 is 0 Å². The van der Waals surface area contributed by atoms with Gasteiger partial charge in [-0.1, -0.05) is 19.4 Å². The number of methoxy groups -OCH3 is 1. The first-order valence-electron chi connectivity index (χ1n) is 11.8. The molecule has 1 aromatic rings. The van der Waals surface area contributed by atoms with Crippen molar-refractivity contribution in [1.29, 1.82) is 0 Å². The van der Waals surface area contributed by atoms with Gasteiger partial charge in [-0.25, -0.2) is 4.98 Å². The molecular weight excluding hydrogens is 440 g/mol. The summed E-state index contributed by atoms with van der Waals surface area (Å²) in [6, 6.07) is 0. The van der Waals surface area contributed by atoms with Gasteiger partial charge in [-0.05, 0) is 56.8 Å². The number of ether oxygens (including phenoxy) is 3. The predicted octanol–water partition coefficient (Wildman–Crippen LogP) is 3.30. The average molecular weight is 475 g/mol. The van der Waals surface area contributed by atoms with Crippen LogP contribution >= 0.6 is 12.2 Å².